The number of anilines is 2. The van der Waals surface area contributed by atoms with E-state index in [2.05, 4.69) is 44.3 Å². The summed E-state index contributed by atoms with van der Waals surface area (Å²) in [5.74, 6) is -0.924. The first-order valence-electron chi connectivity index (χ1n) is 11.1. The number of amides is 1. The van der Waals surface area contributed by atoms with E-state index >= 15 is 0 Å². The second-order valence-electron chi connectivity index (χ2n) is 8.77. The molecule has 2 atom stereocenters. The quantitative estimate of drug-likeness (QED) is 0.480. The van der Waals surface area contributed by atoms with Crippen molar-refractivity contribution in [1.82, 2.24) is 24.7 Å². The van der Waals surface area contributed by atoms with Crippen LogP contribution in [-0.2, 0) is 0 Å². The van der Waals surface area contributed by atoms with Crippen molar-refractivity contribution in [2.75, 3.05) is 30.4 Å². The molecule has 10 heteroatoms. The van der Waals surface area contributed by atoms with E-state index in [4.69, 9.17) is 4.74 Å². The second kappa shape index (κ2) is 8.53. The number of carbonyl (C=O) groups excluding carboxylic acids is 1. The summed E-state index contributed by atoms with van der Waals surface area (Å²) in [5, 5.41) is 7.07. The summed E-state index contributed by atoms with van der Waals surface area (Å²) in [6, 6.07) is 5.72. The molecule has 1 aliphatic heterocycles. The molecule has 5 rings (SSSR count). The van der Waals surface area contributed by atoms with Crippen molar-refractivity contribution in [2.24, 2.45) is 0 Å². The molecule has 1 fully saturated rings. The fourth-order valence-electron chi connectivity index (χ4n) is 4.62. The highest BCUT2D eigenvalue weighted by molar-refractivity contribution is 6.13. The number of carbonyl (C=O) groups is 1. The van der Waals surface area contributed by atoms with Gasteiger partial charge in [0.15, 0.2) is 11.5 Å². The Labute approximate surface area is 196 Å². The molecule has 1 amide bonds. The van der Waals surface area contributed by atoms with Gasteiger partial charge < -0.3 is 24.7 Å². The summed E-state index contributed by atoms with van der Waals surface area (Å²) in [7, 11) is 1.48. The standard InChI is InChI=1S/C24H26FN7O2/c1-13-9-31(10-14(2)27-13)20-6-5-17(21-18(20)8-26-24(30-21)34-4)23(33)29-16-7-19(25)22-28-15(3)11-32(22)12-16/h5-8,11-14,27H,9-10H2,1-4H3,(H,29,33)/t13-,14+. The van der Waals surface area contributed by atoms with Crippen LogP contribution in [0, 0.1) is 12.7 Å². The minimum absolute atomic E-state index is 0.169. The van der Waals surface area contributed by atoms with Crippen LogP contribution in [0.5, 0.6) is 6.01 Å². The SMILES string of the molecule is COc1ncc2c(N3C[C@@H](C)N[C@@H](C)C3)ccc(C(=O)Nc3cc(F)c4nc(C)cn4c3)c2n1. The number of aromatic nitrogens is 4. The van der Waals surface area contributed by atoms with E-state index in [1.165, 1.54) is 13.2 Å². The Morgan fingerprint density at radius 3 is 2.71 bits per heavy atom. The fraction of sp³-hybridized carbons (Fsp3) is 0.333. The molecular weight excluding hydrogens is 437 g/mol. The lowest BCUT2D eigenvalue weighted by Gasteiger charge is -2.38. The summed E-state index contributed by atoms with van der Waals surface area (Å²) >= 11 is 0. The number of rotatable bonds is 4. The van der Waals surface area contributed by atoms with E-state index in [-0.39, 0.29) is 11.7 Å². The predicted molar refractivity (Wildman–Crippen MR) is 128 cm³/mol. The first-order valence-corrected chi connectivity index (χ1v) is 11.1. The van der Waals surface area contributed by atoms with Crippen molar-refractivity contribution in [1.29, 1.82) is 0 Å². The van der Waals surface area contributed by atoms with Crippen molar-refractivity contribution < 1.29 is 13.9 Å². The van der Waals surface area contributed by atoms with Gasteiger partial charge >= 0.3 is 6.01 Å². The molecule has 1 saturated heterocycles. The number of hydrogen-bond acceptors (Lipinski definition) is 7. The third-order valence-corrected chi connectivity index (χ3v) is 5.92. The lowest BCUT2D eigenvalue weighted by atomic mass is 10.0. The number of aryl methyl sites for hydroxylation is 1. The summed E-state index contributed by atoms with van der Waals surface area (Å²) in [6.45, 7) is 7.71. The third-order valence-electron chi connectivity index (χ3n) is 5.92. The number of methoxy groups -OCH3 is 1. The molecule has 4 heterocycles. The van der Waals surface area contributed by atoms with Crippen molar-refractivity contribution in [3.05, 3.63) is 53.9 Å². The van der Waals surface area contributed by atoms with Crippen molar-refractivity contribution in [3.8, 4) is 6.01 Å². The van der Waals surface area contributed by atoms with Crippen molar-refractivity contribution in [3.63, 3.8) is 0 Å². The minimum atomic E-state index is -0.517. The number of nitrogens with one attached hydrogen (secondary N) is 2. The predicted octanol–water partition coefficient (Wildman–Crippen LogP) is 3.17. The maximum Gasteiger partial charge on any atom is 0.316 e. The van der Waals surface area contributed by atoms with E-state index in [1.54, 1.807) is 36.0 Å². The number of hydrogen-bond donors (Lipinski definition) is 2. The van der Waals surface area contributed by atoms with E-state index in [0.29, 0.717) is 34.5 Å². The lowest BCUT2D eigenvalue weighted by Crippen LogP contribution is -2.54. The first kappa shape index (κ1) is 22.0. The summed E-state index contributed by atoms with van der Waals surface area (Å²) in [5.41, 5.74) is 2.98. The highest BCUT2D eigenvalue weighted by Crippen LogP contribution is 2.31. The van der Waals surface area contributed by atoms with Gasteiger partial charge in [0.25, 0.3) is 5.91 Å². The van der Waals surface area contributed by atoms with Crippen LogP contribution in [0.15, 0.2) is 36.8 Å². The van der Waals surface area contributed by atoms with Crippen LogP contribution >= 0.6 is 0 Å². The Hall–Kier alpha value is -3.79. The van der Waals surface area contributed by atoms with Crippen LogP contribution in [0.1, 0.15) is 29.9 Å². The van der Waals surface area contributed by atoms with E-state index in [0.717, 1.165) is 24.2 Å². The van der Waals surface area contributed by atoms with Gasteiger partial charge in [-0.2, -0.15) is 4.98 Å². The molecule has 0 spiro atoms. The van der Waals surface area contributed by atoms with Gasteiger partial charge in [-0.1, -0.05) is 0 Å². The zero-order valence-corrected chi connectivity index (χ0v) is 19.5. The number of piperazine rings is 1. The third kappa shape index (κ3) is 4.01. The largest absolute Gasteiger partial charge is 0.467 e. The molecule has 4 aromatic rings. The zero-order valence-electron chi connectivity index (χ0n) is 19.5. The van der Waals surface area contributed by atoms with Crippen LogP contribution in [0.4, 0.5) is 15.8 Å². The molecule has 0 radical (unpaired) electrons. The van der Waals surface area contributed by atoms with E-state index in [9.17, 15) is 9.18 Å². The van der Waals surface area contributed by atoms with Crippen LogP contribution < -0.4 is 20.3 Å². The summed E-state index contributed by atoms with van der Waals surface area (Å²) < 4.78 is 21.3. The van der Waals surface area contributed by atoms with Gasteiger partial charge in [0.1, 0.15) is 0 Å². The van der Waals surface area contributed by atoms with Crippen molar-refractivity contribution in [2.45, 2.75) is 32.9 Å². The van der Waals surface area contributed by atoms with Gasteiger partial charge in [0.05, 0.1) is 29.6 Å². The van der Waals surface area contributed by atoms with Crippen LogP contribution in [0.3, 0.4) is 0 Å². The Balaban J connectivity index is 1.54. The number of ether oxygens (including phenoxy) is 1. The van der Waals surface area contributed by atoms with Gasteiger partial charge in [-0.15, -0.1) is 0 Å². The molecule has 9 nitrogen and oxygen atoms in total. The van der Waals surface area contributed by atoms with Gasteiger partial charge in [0.2, 0.25) is 0 Å². The number of pyridine rings is 1. The molecule has 1 aliphatic rings. The highest BCUT2D eigenvalue weighted by Gasteiger charge is 2.25. The smallest absolute Gasteiger partial charge is 0.316 e. The molecular formula is C24H26FN7O2. The summed E-state index contributed by atoms with van der Waals surface area (Å²) in [6.07, 6.45) is 5.02. The Morgan fingerprint density at radius 1 is 1.21 bits per heavy atom. The normalized spacial score (nSPS) is 18.4. The maximum atomic E-state index is 14.5. The van der Waals surface area contributed by atoms with Gasteiger partial charge in [-0.25, -0.2) is 14.4 Å². The van der Waals surface area contributed by atoms with Crippen LogP contribution in [0.25, 0.3) is 16.6 Å². The number of benzene rings is 1. The average molecular weight is 464 g/mol. The van der Waals surface area contributed by atoms with E-state index < -0.39 is 11.7 Å². The second-order valence-corrected chi connectivity index (χ2v) is 8.77. The monoisotopic (exact) mass is 463 g/mol. The molecule has 0 bridgehead atoms. The Bertz CT molecular complexity index is 1390. The number of halogens is 1. The minimum Gasteiger partial charge on any atom is -0.467 e. The first-order chi connectivity index (χ1) is 16.3. The van der Waals surface area contributed by atoms with Gasteiger partial charge in [-0.3, -0.25) is 4.79 Å². The maximum absolute atomic E-state index is 14.5. The molecule has 3 aromatic heterocycles. The molecule has 34 heavy (non-hydrogen) atoms. The Kier molecular flexibility index (Phi) is 5.52. The Morgan fingerprint density at radius 2 is 1.97 bits per heavy atom. The van der Waals surface area contributed by atoms with Crippen LogP contribution in [-0.4, -0.2) is 57.5 Å². The lowest BCUT2D eigenvalue weighted by molar-refractivity contribution is 0.102. The zero-order chi connectivity index (χ0) is 24.0. The summed E-state index contributed by atoms with van der Waals surface area (Å²) in [4.78, 5) is 28.5. The van der Waals surface area contributed by atoms with E-state index in [1.807, 2.05) is 6.07 Å². The highest BCUT2D eigenvalue weighted by atomic mass is 19.1. The number of imidazole rings is 1. The fourth-order valence-corrected chi connectivity index (χ4v) is 4.62. The van der Waals surface area contributed by atoms with Crippen molar-refractivity contribution >= 4 is 33.8 Å². The topological polar surface area (TPSA) is 96.7 Å². The molecule has 176 valence electrons. The number of nitrogens with zero attached hydrogens (tertiary/aromatic N) is 5. The molecule has 0 saturated carbocycles. The molecule has 0 unspecified atom stereocenters. The average Bonchev–Trinajstić information content (AvgIpc) is 3.18. The molecule has 0 aliphatic carbocycles. The molecule has 1 aromatic carbocycles. The van der Waals surface area contributed by atoms with Gasteiger partial charge in [-0.05, 0) is 32.9 Å². The molecule has 2 N–H and O–H groups in total. The van der Waals surface area contributed by atoms with Crippen LogP contribution in [0.2, 0.25) is 0 Å². The van der Waals surface area contributed by atoms with Gasteiger partial charge in [0, 0.05) is 60.9 Å². The number of fused-ring (bicyclic) bond motifs is 2.